The van der Waals surface area contributed by atoms with E-state index in [1.807, 2.05) is 18.2 Å². The molecule has 0 saturated heterocycles. The number of halogens is 3. The van der Waals surface area contributed by atoms with Gasteiger partial charge in [0.2, 0.25) is 0 Å². The molecule has 2 aromatic carbocycles. The maximum Gasteiger partial charge on any atom is 0.123 e. The van der Waals surface area contributed by atoms with Crippen molar-refractivity contribution in [3.05, 3.63) is 63.1 Å². The normalized spacial score (nSPS) is 17.2. The van der Waals surface area contributed by atoms with Crippen LogP contribution in [-0.2, 0) is 6.42 Å². The van der Waals surface area contributed by atoms with Crippen molar-refractivity contribution in [2.45, 2.75) is 30.7 Å². The molecule has 0 saturated carbocycles. The van der Waals surface area contributed by atoms with Gasteiger partial charge in [0.25, 0.3) is 0 Å². The number of hydrogen-bond donors (Lipinski definition) is 0. The minimum Gasteiger partial charge on any atom is -0.487 e. The molecule has 0 N–H and O–H groups in total. The quantitative estimate of drug-likeness (QED) is 0.560. The van der Waals surface area contributed by atoms with E-state index in [0.29, 0.717) is 10.0 Å². The van der Waals surface area contributed by atoms with Crippen molar-refractivity contribution >= 4 is 39.1 Å². The van der Waals surface area contributed by atoms with Crippen LogP contribution < -0.4 is 4.74 Å². The Labute approximate surface area is 143 Å². The maximum absolute atomic E-state index is 6.09. The second-order valence-electron chi connectivity index (χ2n) is 5.97. The summed E-state index contributed by atoms with van der Waals surface area (Å²) in [4.78, 5) is 0.0581. The lowest BCUT2D eigenvalue weighted by molar-refractivity contribution is 0.138. The van der Waals surface area contributed by atoms with E-state index in [9.17, 15) is 0 Å². The molecule has 1 nitrogen and oxygen atoms in total. The van der Waals surface area contributed by atoms with Crippen LogP contribution in [0.3, 0.4) is 0 Å². The van der Waals surface area contributed by atoms with E-state index in [0.717, 1.165) is 17.7 Å². The van der Waals surface area contributed by atoms with Gasteiger partial charge < -0.3 is 4.74 Å². The Kier molecular flexibility index (Phi) is 3.98. The summed E-state index contributed by atoms with van der Waals surface area (Å²) < 4.78 is 5.92. The van der Waals surface area contributed by atoms with E-state index in [1.165, 1.54) is 11.1 Å². The average molecular weight is 386 g/mol. The van der Waals surface area contributed by atoms with Crippen LogP contribution in [0, 0.1) is 0 Å². The monoisotopic (exact) mass is 384 g/mol. The number of alkyl halides is 1. The van der Waals surface area contributed by atoms with Gasteiger partial charge in [-0.1, -0.05) is 51.3 Å². The molecule has 0 spiro atoms. The number of benzene rings is 2. The van der Waals surface area contributed by atoms with Gasteiger partial charge in [0.1, 0.15) is 11.4 Å². The molecule has 110 valence electrons. The number of fused-ring (bicyclic) bond motifs is 1. The second kappa shape index (κ2) is 5.49. The van der Waals surface area contributed by atoms with E-state index >= 15 is 0 Å². The SMILES string of the molecule is CC1(C)Cc2cc(C(Br)c3cc(Cl)cc(Cl)c3)ccc2O1. The van der Waals surface area contributed by atoms with Gasteiger partial charge in [-0.15, -0.1) is 0 Å². The lowest BCUT2D eigenvalue weighted by Gasteiger charge is -2.16. The van der Waals surface area contributed by atoms with Gasteiger partial charge in [-0.25, -0.2) is 0 Å². The zero-order chi connectivity index (χ0) is 15.2. The highest BCUT2D eigenvalue weighted by atomic mass is 79.9. The Morgan fingerprint density at radius 3 is 2.38 bits per heavy atom. The fourth-order valence-electron chi connectivity index (χ4n) is 2.70. The third-order valence-electron chi connectivity index (χ3n) is 3.56. The lowest BCUT2D eigenvalue weighted by atomic mass is 9.98. The van der Waals surface area contributed by atoms with Gasteiger partial charge in [-0.05, 0) is 54.8 Å². The molecule has 0 aliphatic carbocycles. The molecule has 4 heteroatoms. The highest BCUT2D eigenvalue weighted by molar-refractivity contribution is 9.09. The van der Waals surface area contributed by atoms with Crippen LogP contribution in [-0.4, -0.2) is 5.60 Å². The molecule has 1 aliphatic heterocycles. The third kappa shape index (κ3) is 3.23. The van der Waals surface area contributed by atoms with Crippen LogP contribution in [0.25, 0.3) is 0 Å². The summed E-state index contributed by atoms with van der Waals surface area (Å²) in [6.07, 6.45) is 0.923. The van der Waals surface area contributed by atoms with Crippen molar-refractivity contribution in [1.82, 2.24) is 0 Å². The number of rotatable bonds is 2. The summed E-state index contributed by atoms with van der Waals surface area (Å²) in [7, 11) is 0. The number of ether oxygens (including phenoxy) is 1. The van der Waals surface area contributed by atoms with Gasteiger partial charge in [-0.2, -0.15) is 0 Å². The third-order valence-corrected chi connectivity index (χ3v) is 5.05. The predicted octanol–water partition coefficient (Wildman–Crippen LogP) is 6.19. The standard InChI is InChI=1S/C17H15BrCl2O/c1-17(2)9-12-5-10(3-4-15(12)21-17)16(18)11-6-13(19)8-14(20)7-11/h3-8,16H,9H2,1-2H3. The second-order valence-corrected chi connectivity index (χ2v) is 7.76. The summed E-state index contributed by atoms with van der Waals surface area (Å²) in [6, 6.07) is 11.9. The molecule has 0 bridgehead atoms. The minimum absolute atomic E-state index is 0.0581. The van der Waals surface area contributed by atoms with Crippen molar-refractivity contribution < 1.29 is 4.74 Å². The highest BCUT2D eigenvalue weighted by Gasteiger charge is 2.30. The van der Waals surface area contributed by atoms with Crippen molar-refractivity contribution in [3.8, 4) is 5.75 Å². The van der Waals surface area contributed by atoms with Crippen molar-refractivity contribution in [2.24, 2.45) is 0 Å². The average Bonchev–Trinajstić information content (AvgIpc) is 2.69. The maximum atomic E-state index is 6.09. The molecule has 0 aromatic heterocycles. The van der Waals surface area contributed by atoms with E-state index in [-0.39, 0.29) is 10.4 Å². The summed E-state index contributed by atoms with van der Waals surface area (Å²) >= 11 is 15.9. The van der Waals surface area contributed by atoms with Gasteiger partial charge in [0, 0.05) is 16.5 Å². The largest absolute Gasteiger partial charge is 0.487 e. The Morgan fingerprint density at radius 2 is 1.71 bits per heavy atom. The molecule has 1 atom stereocenters. The fraction of sp³-hybridized carbons (Fsp3) is 0.294. The first-order valence-corrected chi connectivity index (χ1v) is 8.43. The fourth-order valence-corrected chi connectivity index (χ4v) is 3.79. The summed E-state index contributed by atoms with van der Waals surface area (Å²) in [5.41, 5.74) is 3.34. The van der Waals surface area contributed by atoms with E-state index in [4.69, 9.17) is 27.9 Å². The molecular formula is C17H15BrCl2O. The van der Waals surface area contributed by atoms with Crippen LogP contribution in [0.1, 0.15) is 35.4 Å². The Balaban J connectivity index is 1.95. The van der Waals surface area contributed by atoms with Gasteiger partial charge in [-0.3, -0.25) is 0 Å². The smallest absolute Gasteiger partial charge is 0.123 e. The highest BCUT2D eigenvalue weighted by Crippen LogP contribution is 2.40. The summed E-state index contributed by atoms with van der Waals surface area (Å²) in [5, 5.41) is 1.29. The van der Waals surface area contributed by atoms with Gasteiger partial charge in [0.05, 0.1) is 4.83 Å². The first-order chi connectivity index (χ1) is 9.84. The Morgan fingerprint density at radius 1 is 1.05 bits per heavy atom. The Hall–Kier alpha value is -0.700. The minimum atomic E-state index is -0.123. The Bertz CT molecular complexity index is 677. The number of hydrogen-bond acceptors (Lipinski definition) is 1. The van der Waals surface area contributed by atoms with Crippen molar-refractivity contribution in [2.75, 3.05) is 0 Å². The van der Waals surface area contributed by atoms with Crippen molar-refractivity contribution in [3.63, 3.8) is 0 Å². The van der Waals surface area contributed by atoms with Crippen LogP contribution in [0.4, 0.5) is 0 Å². The molecule has 0 radical (unpaired) electrons. The molecule has 21 heavy (non-hydrogen) atoms. The van der Waals surface area contributed by atoms with Gasteiger partial charge >= 0.3 is 0 Å². The van der Waals surface area contributed by atoms with Crippen LogP contribution in [0.2, 0.25) is 10.0 Å². The zero-order valence-corrected chi connectivity index (χ0v) is 14.9. The molecule has 1 unspecified atom stereocenters. The topological polar surface area (TPSA) is 9.23 Å². The molecule has 1 aliphatic rings. The van der Waals surface area contributed by atoms with Crippen LogP contribution >= 0.6 is 39.1 Å². The molecule has 1 heterocycles. The van der Waals surface area contributed by atoms with Crippen LogP contribution in [0.5, 0.6) is 5.75 Å². The molecule has 0 amide bonds. The molecular weight excluding hydrogens is 371 g/mol. The van der Waals surface area contributed by atoms with E-state index in [2.05, 4.69) is 41.9 Å². The lowest BCUT2D eigenvalue weighted by Crippen LogP contribution is -2.24. The van der Waals surface area contributed by atoms with E-state index in [1.54, 1.807) is 6.07 Å². The first kappa shape index (κ1) is 15.2. The molecule has 2 aromatic rings. The summed E-state index contributed by atoms with van der Waals surface area (Å²) in [6.45, 7) is 4.21. The molecule has 0 fully saturated rings. The van der Waals surface area contributed by atoms with Crippen LogP contribution in [0.15, 0.2) is 36.4 Å². The predicted molar refractivity (Wildman–Crippen MR) is 92.1 cm³/mol. The van der Waals surface area contributed by atoms with Crippen molar-refractivity contribution in [1.29, 1.82) is 0 Å². The van der Waals surface area contributed by atoms with E-state index < -0.39 is 0 Å². The molecule has 3 rings (SSSR count). The summed E-state index contributed by atoms with van der Waals surface area (Å²) in [5.74, 6) is 0.979. The first-order valence-electron chi connectivity index (χ1n) is 6.76. The van der Waals surface area contributed by atoms with Gasteiger partial charge in [0.15, 0.2) is 0 Å². The zero-order valence-electron chi connectivity index (χ0n) is 11.8.